The van der Waals surface area contributed by atoms with Gasteiger partial charge in [-0.1, -0.05) is 0 Å². The highest BCUT2D eigenvalue weighted by Crippen LogP contribution is 2.38. The molecule has 0 saturated carbocycles. The molecule has 2 heterocycles. The van der Waals surface area contributed by atoms with Crippen molar-refractivity contribution >= 4 is 33.8 Å². The molecule has 3 N–H and O–H groups in total. The minimum Gasteiger partial charge on any atom is -0.365 e. The number of carbonyl (C=O) groups excluding carboxylic acids is 2. The highest BCUT2D eigenvalue weighted by Gasteiger charge is 2.26. The van der Waals surface area contributed by atoms with Gasteiger partial charge in [-0.2, -0.15) is 0 Å². The molecule has 3 rings (SSSR count). The van der Waals surface area contributed by atoms with E-state index in [2.05, 4.69) is 5.32 Å². The number of pyridine rings is 1. The van der Waals surface area contributed by atoms with Gasteiger partial charge in [0.15, 0.2) is 0 Å². The topological polar surface area (TPSA) is 137 Å². The number of thiophene rings is 1. The number of nitrogens with zero attached hydrogens (tertiary/aromatic N) is 2. The summed E-state index contributed by atoms with van der Waals surface area (Å²) < 4.78 is 0.943. The lowest BCUT2D eigenvalue weighted by Crippen LogP contribution is -2.27. The predicted molar refractivity (Wildman–Crippen MR) is 90.8 cm³/mol. The van der Waals surface area contributed by atoms with Crippen molar-refractivity contribution in [1.29, 1.82) is 0 Å². The first-order chi connectivity index (χ1) is 11.9. The molecular formula is C15H14N4O5S. The maximum Gasteiger partial charge on any atom is 0.285 e. The van der Waals surface area contributed by atoms with Crippen molar-refractivity contribution in [2.24, 2.45) is 5.73 Å². The molecular weight excluding hydrogens is 348 g/mol. The van der Waals surface area contributed by atoms with Gasteiger partial charge in [0.05, 0.1) is 16.7 Å². The second-order valence-corrected chi connectivity index (χ2v) is 6.69. The Balaban J connectivity index is 1.83. The predicted octanol–water partition coefficient (Wildman–Crippen LogP) is 1.04. The maximum absolute atomic E-state index is 12.2. The van der Waals surface area contributed by atoms with Gasteiger partial charge in [-0.05, 0) is 24.8 Å². The number of anilines is 1. The zero-order valence-corrected chi connectivity index (χ0v) is 13.8. The fraction of sp³-hybridized carbons (Fsp3) is 0.267. The van der Waals surface area contributed by atoms with Gasteiger partial charge in [0.1, 0.15) is 11.5 Å². The normalized spacial score (nSPS) is 12.6. The van der Waals surface area contributed by atoms with Crippen LogP contribution < -0.4 is 16.6 Å². The second-order valence-electron chi connectivity index (χ2n) is 5.58. The quantitative estimate of drug-likeness (QED) is 0.605. The highest BCUT2D eigenvalue weighted by atomic mass is 32.1. The summed E-state index contributed by atoms with van der Waals surface area (Å²) in [6, 6.07) is 2.10. The number of aryl methyl sites for hydroxylation is 1. The molecule has 0 spiro atoms. The molecule has 2 aromatic rings. The molecule has 0 bridgehead atoms. The maximum atomic E-state index is 12.2. The summed E-state index contributed by atoms with van der Waals surface area (Å²) in [5.74, 6) is -1.17. The van der Waals surface area contributed by atoms with Gasteiger partial charge in [0.2, 0.25) is 5.91 Å². The van der Waals surface area contributed by atoms with Crippen LogP contribution in [0.2, 0.25) is 0 Å². The van der Waals surface area contributed by atoms with E-state index in [0.29, 0.717) is 10.6 Å². The van der Waals surface area contributed by atoms with Crippen LogP contribution in [0.15, 0.2) is 23.1 Å². The molecule has 0 unspecified atom stereocenters. The number of primary amides is 1. The summed E-state index contributed by atoms with van der Waals surface area (Å²) in [7, 11) is 0. The minimum absolute atomic E-state index is 0.291. The number of aromatic nitrogens is 1. The van der Waals surface area contributed by atoms with Crippen LogP contribution in [0, 0.1) is 10.1 Å². The van der Waals surface area contributed by atoms with Gasteiger partial charge in [-0.15, -0.1) is 11.3 Å². The number of nitro groups is 1. The first-order valence-corrected chi connectivity index (χ1v) is 8.27. The van der Waals surface area contributed by atoms with Crippen molar-refractivity contribution in [2.75, 3.05) is 5.32 Å². The Morgan fingerprint density at radius 3 is 2.80 bits per heavy atom. The summed E-state index contributed by atoms with van der Waals surface area (Å²) in [6.07, 6.45) is 3.52. The summed E-state index contributed by atoms with van der Waals surface area (Å²) in [5, 5.41) is 13.7. The number of amides is 2. The average Bonchev–Trinajstić information content (AvgIpc) is 3.09. The number of nitrogens with one attached hydrogen (secondary N) is 1. The van der Waals surface area contributed by atoms with Crippen molar-refractivity contribution in [3.63, 3.8) is 0 Å². The minimum atomic E-state index is -0.650. The van der Waals surface area contributed by atoms with Gasteiger partial charge >= 0.3 is 0 Å². The lowest BCUT2D eigenvalue weighted by Gasteiger charge is -2.07. The Bertz CT molecular complexity index is 946. The van der Waals surface area contributed by atoms with Crippen LogP contribution in [0.4, 0.5) is 10.7 Å². The molecule has 2 aromatic heterocycles. The van der Waals surface area contributed by atoms with Crippen LogP contribution >= 0.6 is 11.3 Å². The largest absolute Gasteiger partial charge is 0.365 e. The van der Waals surface area contributed by atoms with Crippen molar-refractivity contribution in [3.8, 4) is 0 Å². The Morgan fingerprint density at radius 2 is 2.12 bits per heavy atom. The van der Waals surface area contributed by atoms with Gasteiger partial charge in [0, 0.05) is 17.0 Å². The number of nitrogens with two attached hydrogens (primary N) is 1. The molecule has 2 amide bonds. The molecule has 9 nitrogen and oxygen atoms in total. The molecule has 0 aromatic carbocycles. The van der Waals surface area contributed by atoms with E-state index in [4.69, 9.17) is 5.73 Å². The van der Waals surface area contributed by atoms with E-state index in [0.717, 1.165) is 52.6 Å². The first kappa shape index (κ1) is 16.8. The summed E-state index contributed by atoms with van der Waals surface area (Å²) in [6.45, 7) is -0.402. The molecule has 130 valence electrons. The molecule has 0 aliphatic heterocycles. The van der Waals surface area contributed by atoms with Crippen LogP contribution in [-0.4, -0.2) is 21.3 Å². The third kappa shape index (κ3) is 3.29. The van der Waals surface area contributed by atoms with Crippen molar-refractivity contribution in [3.05, 3.63) is 54.8 Å². The number of fused-ring (bicyclic) bond motifs is 1. The third-order valence-electron chi connectivity index (χ3n) is 3.91. The number of hydrogen-bond donors (Lipinski definition) is 2. The average molecular weight is 362 g/mol. The monoisotopic (exact) mass is 362 g/mol. The fourth-order valence-corrected chi connectivity index (χ4v) is 4.13. The Morgan fingerprint density at radius 1 is 1.36 bits per heavy atom. The Kier molecular flexibility index (Phi) is 4.36. The van der Waals surface area contributed by atoms with E-state index < -0.39 is 28.8 Å². The zero-order chi connectivity index (χ0) is 18.1. The van der Waals surface area contributed by atoms with Crippen molar-refractivity contribution in [2.45, 2.75) is 25.8 Å². The highest BCUT2D eigenvalue weighted by molar-refractivity contribution is 7.17. The van der Waals surface area contributed by atoms with Crippen molar-refractivity contribution in [1.82, 2.24) is 4.57 Å². The smallest absolute Gasteiger partial charge is 0.285 e. The van der Waals surface area contributed by atoms with Crippen molar-refractivity contribution < 1.29 is 14.5 Å². The summed E-state index contributed by atoms with van der Waals surface area (Å²) in [4.78, 5) is 46.8. The van der Waals surface area contributed by atoms with E-state index >= 15 is 0 Å². The fourth-order valence-electron chi connectivity index (χ4n) is 2.82. The summed E-state index contributed by atoms with van der Waals surface area (Å²) in [5.41, 5.74) is 5.79. The zero-order valence-electron chi connectivity index (χ0n) is 13.0. The second kappa shape index (κ2) is 6.48. The Labute approximate surface area is 145 Å². The SMILES string of the molecule is NC(=O)c1c(NC(=O)Cn2cc([N+](=O)[O-])ccc2=O)sc2c1CCC2. The van der Waals surface area contributed by atoms with Gasteiger partial charge in [-0.3, -0.25) is 29.1 Å². The van der Waals surface area contributed by atoms with Crippen LogP contribution in [0.1, 0.15) is 27.2 Å². The lowest BCUT2D eigenvalue weighted by molar-refractivity contribution is -0.385. The number of carbonyl (C=O) groups is 2. The van der Waals surface area contributed by atoms with Crippen LogP contribution in [0.3, 0.4) is 0 Å². The van der Waals surface area contributed by atoms with Gasteiger partial charge < -0.3 is 11.1 Å². The molecule has 0 fully saturated rings. The van der Waals surface area contributed by atoms with Crippen LogP contribution in [-0.2, 0) is 24.2 Å². The van der Waals surface area contributed by atoms with Crippen LogP contribution in [0.5, 0.6) is 0 Å². The number of hydrogen-bond acceptors (Lipinski definition) is 6. The molecule has 25 heavy (non-hydrogen) atoms. The molecule has 0 saturated heterocycles. The van der Waals surface area contributed by atoms with E-state index in [-0.39, 0.29) is 5.69 Å². The lowest BCUT2D eigenvalue weighted by atomic mass is 10.1. The van der Waals surface area contributed by atoms with E-state index in [1.807, 2.05) is 0 Å². The molecule has 1 aliphatic rings. The first-order valence-electron chi connectivity index (χ1n) is 7.46. The van der Waals surface area contributed by atoms with E-state index in [1.165, 1.54) is 11.3 Å². The summed E-state index contributed by atoms with van der Waals surface area (Å²) >= 11 is 1.30. The third-order valence-corrected chi connectivity index (χ3v) is 5.12. The standard InChI is InChI=1S/C15H14N4O5S/c16-14(22)13-9-2-1-3-10(9)25-15(13)17-11(20)7-18-6-8(19(23)24)4-5-12(18)21/h4-6H,1-3,7H2,(H2,16,22)(H,17,20). The molecule has 0 radical (unpaired) electrons. The molecule has 0 atom stereocenters. The van der Waals surface area contributed by atoms with E-state index in [1.54, 1.807) is 0 Å². The van der Waals surface area contributed by atoms with Crippen LogP contribution in [0.25, 0.3) is 0 Å². The Hall–Kier alpha value is -3.01. The van der Waals surface area contributed by atoms with Gasteiger partial charge in [0.25, 0.3) is 17.2 Å². The molecule has 1 aliphatic carbocycles. The number of rotatable bonds is 5. The van der Waals surface area contributed by atoms with Gasteiger partial charge in [-0.25, -0.2) is 0 Å². The van der Waals surface area contributed by atoms with E-state index in [9.17, 15) is 24.5 Å². The molecule has 10 heteroatoms.